The first-order valence-electron chi connectivity index (χ1n) is 9.49. The van der Waals surface area contributed by atoms with E-state index < -0.39 is 22.0 Å². The molecule has 2 saturated heterocycles. The monoisotopic (exact) mass is 467 g/mol. The van der Waals surface area contributed by atoms with Gasteiger partial charge in [-0.25, -0.2) is 17.8 Å². The fourth-order valence-corrected chi connectivity index (χ4v) is 7.50. The van der Waals surface area contributed by atoms with E-state index in [9.17, 15) is 17.6 Å². The number of esters is 1. The molecule has 2 aliphatic heterocycles. The van der Waals surface area contributed by atoms with Gasteiger partial charge >= 0.3 is 5.97 Å². The summed E-state index contributed by atoms with van der Waals surface area (Å²) in [4.78, 5) is 19.2. The molecule has 0 amide bonds. The highest BCUT2D eigenvalue weighted by molar-refractivity contribution is 7.91. The number of thiazole rings is 1. The standard InChI is InChI=1S/C19H18FN3O4S3/c20-12-5-6-14-16(9-12)29-19(21-14)22-10-13(11-22)27-18(24)15-3-1-7-23(15)30(25,26)17-4-2-8-28-17/h2,4-6,8-9,13,15H,1,3,7,10-11H2. The number of nitrogens with zero attached hydrogens (tertiary/aromatic N) is 3. The molecule has 5 rings (SSSR count). The normalized spacial score (nSPS) is 20.6. The van der Waals surface area contributed by atoms with E-state index in [4.69, 9.17) is 4.74 Å². The number of aromatic nitrogens is 1. The third-order valence-electron chi connectivity index (χ3n) is 5.27. The minimum Gasteiger partial charge on any atom is -0.457 e. The van der Waals surface area contributed by atoms with Gasteiger partial charge in [0.05, 0.1) is 23.3 Å². The van der Waals surface area contributed by atoms with Gasteiger partial charge in [0.1, 0.15) is 22.2 Å². The average Bonchev–Trinajstić information content (AvgIpc) is 3.43. The highest BCUT2D eigenvalue weighted by Crippen LogP contribution is 2.33. The highest BCUT2D eigenvalue weighted by Gasteiger charge is 2.43. The molecule has 4 heterocycles. The molecule has 2 aliphatic rings. The third kappa shape index (κ3) is 3.49. The second-order valence-corrected chi connectivity index (χ2v) is 11.4. The number of sulfonamides is 1. The van der Waals surface area contributed by atoms with Crippen molar-refractivity contribution in [1.29, 1.82) is 0 Å². The molecule has 1 unspecified atom stereocenters. The molecule has 0 radical (unpaired) electrons. The van der Waals surface area contributed by atoms with Crippen LogP contribution in [0, 0.1) is 5.82 Å². The molecule has 0 N–H and O–H groups in total. The van der Waals surface area contributed by atoms with Crippen molar-refractivity contribution in [2.45, 2.75) is 29.2 Å². The Hall–Kier alpha value is -2.08. The number of thiophene rings is 1. The van der Waals surface area contributed by atoms with Gasteiger partial charge in [0.25, 0.3) is 10.0 Å². The van der Waals surface area contributed by atoms with Crippen molar-refractivity contribution in [3.05, 3.63) is 41.5 Å². The lowest BCUT2D eigenvalue weighted by molar-refractivity contribution is -0.154. The predicted molar refractivity (Wildman–Crippen MR) is 113 cm³/mol. The maximum Gasteiger partial charge on any atom is 0.324 e. The molecule has 3 aromatic rings. The van der Waals surface area contributed by atoms with Gasteiger partial charge in [-0.05, 0) is 42.5 Å². The summed E-state index contributed by atoms with van der Waals surface area (Å²) in [6.45, 7) is 1.29. The minimum atomic E-state index is -3.68. The van der Waals surface area contributed by atoms with Crippen LogP contribution in [0.4, 0.5) is 9.52 Å². The van der Waals surface area contributed by atoms with E-state index >= 15 is 0 Å². The van der Waals surface area contributed by atoms with Crippen LogP contribution in [-0.4, -0.2) is 55.5 Å². The van der Waals surface area contributed by atoms with Crippen molar-refractivity contribution < 1.29 is 22.3 Å². The number of hydrogen-bond donors (Lipinski definition) is 0. The van der Waals surface area contributed by atoms with Crippen LogP contribution in [0.5, 0.6) is 0 Å². The zero-order valence-electron chi connectivity index (χ0n) is 15.7. The fourth-order valence-electron chi connectivity index (χ4n) is 3.72. The Morgan fingerprint density at radius 1 is 1.27 bits per heavy atom. The van der Waals surface area contributed by atoms with Crippen LogP contribution in [0.2, 0.25) is 0 Å². The summed E-state index contributed by atoms with van der Waals surface area (Å²) < 4.78 is 46.9. The smallest absolute Gasteiger partial charge is 0.324 e. The Bertz CT molecular complexity index is 1190. The van der Waals surface area contributed by atoms with Crippen molar-refractivity contribution >= 4 is 54.0 Å². The molecule has 2 fully saturated rings. The number of carbonyl (C=O) groups is 1. The summed E-state index contributed by atoms with van der Waals surface area (Å²) in [5.74, 6) is -0.796. The van der Waals surface area contributed by atoms with Crippen LogP contribution in [-0.2, 0) is 19.6 Å². The first kappa shape index (κ1) is 19.9. The summed E-state index contributed by atoms with van der Waals surface area (Å²) in [5.41, 5.74) is 0.734. The summed E-state index contributed by atoms with van der Waals surface area (Å²) in [5, 5.41) is 2.46. The van der Waals surface area contributed by atoms with Crippen molar-refractivity contribution in [1.82, 2.24) is 9.29 Å². The number of hydrogen-bond acceptors (Lipinski definition) is 8. The number of halogens is 1. The number of anilines is 1. The van der Waals surface area contributed by atoms with E-state index in [1.165, 1.54) is 27.8 Å². The van der Waals surface area contributed by atoms with Gasteiger partial charge in [-0.2, -0.15) is 4.31 Å². The highest BCUT2D eigenvalue weighted by atomic mass is 32.2. The zero-order chi connectivity index (χ0) is 20.9. The summed E-state index contributed by atoms with van der Waals surface area (Å²) in [6.07, 6.45) is 0.778. The maximum absolute atomic E-state index is 13.4. The SMILES string of the molecule is O=C(OC1CN(c2nc3ccc(F)cc3s2)C1)C1CCCN1S(=O)(=O)c1cccs1. The molecular weight excluding hydrogens is 449 g/mol. The van der Waals surface area contributed by atoms with Gasteiger partial charge in [-0.3, -0.25) is 4.79 Å². The molecule has 11 heteroatoms. The second-order valence-electron chi connectivity index (χ2n) is 7.28. The first-order valence-corrected chi connectivity index (χ1v) is 12.6. The van der Waals surface area contributed by atoms with Crippen LogP contribution in [0.15, 0.2) is 39.9 Å². The van der Waals surface area contributed by atoms with Crippen LogP contribution >= 0.6 is 22.7 Å². The number of fused-ring (bicyclic) bond motifs is 1. The molecule has 30 heavy (non-hydrogen) atoms. The Kier molecular flexibility index (Phi) is 5.00. The fraction of sp³-hybridized carbons (Fsp3) is 0.368. The Balaban J connectivity index is 1.22. The van der Waals surface area contributed by atoms with Gasteiger partial charge < -0.3 is 9.64 Å². The van der Waals surface area contributed by atoms with Crippen molar-refractivity contribution in [2.24, 2.45) is 0 Å². The van der Waals surface area contributed by atoms with Gasteiger partial charge in [0.15, 0.2) is 5.13 Å². The van der Waals surface area contributed by atoms with Gasteiger partial charge in [0.2, 0.25) is 0 Å². The second kappa shape index (κ2) is 7.56. The topological polar surface area (TPSA) is 79.8 Å². The predicted octanol–water partition coefficient (Wildman–Crippen LogP) is 3.08. The molecule has 1 atom stereocenters. The van der Waals surface area contributed by atoms with E-state index in [1.54, 1.807) is 23.6 Å². The van der Waals surface area contributed by atoms with Gasteiger partial charge in [0, 0.05) is 6.54 Å². The Morgan fingerprint density at radius 3 is 2.87 bits per heavy atom. The largest absolute Gasteiger partial charge is 0.457 e. The van der Waals surface area contributed by atoms with Crippen molar-refractivity contribution in [3.63, 3.8) is 0 Å². The zero-order valence-corrected chi connectivity index (χ0v) is 18.2. The number of ether oxygens (including phenoxy) is 1. The minimum absolute atomic E-state index is 0.240. The third-order valence-corrected chi connectivity index (χ3v) is 9.63. The number of carbonyl (C=O) groups excluding carboxylic acids is 1. The van der Waals surface area contributed by atoms with Gasteiger partial charge in [-0.1, -0.05) is 17.4 Å². The molecule has 0 bridgehead atoms. The van der Waals surface area contributed by atoms with Crippen LogP contribution < -0.4 is 4.90 Å². The Labute approximate surface area is 180 Å². The van der Waals surface area contributed by atoms with Crippen LogP contribution in [0.3, 0.4) is 0 Å². The molecule has 0 saturated carbocycles. The molecule has 0 aliphatic carbocycles. The lowest BCUT2D eigenvalue weighted by atomic mass is 10.2. The summed E-state index contributed by atoms with van der Waals surface area (Å²) in [6, 6.07) is 6.93. The van der Waals surface area contributed by atoms with E-state index in [2.05, 4.69) is 4.98 Å². The van der Waals surface area contributed by atoms with Crippen LogP contribution in [0.1, 0.15) is 12.8 Å². The lowest BCUT2D eigenvalue weighted by Crippen LogP contribution is -2.54. The molecular formula is C19H18FN3O4S3. The Morgan fingerprint density at radius 2 is 2.10 bits per heavy atom. The average molecular weight is 468 g/mol. The first-order chi connectivity index (χ1) is 14.4. The summed E-state index contributed by atoms with van der Waals surface area (Å²) in [7, 11) is -3.68. The quantitative estimate of drug-likeness (QED) is 0.537. The molecule has 7 nitrogen and oxygen atoms in total. The molecule has 0 spiro atoms. The van der Waals surface area contributed by atoms with E-state index in [1.807, 2.05) is 4.90 Å². The number of benzene rings is 1. The molecule has 158 valence electrons. The van der Waals surface area contributed by atoms with Crippen molar-refractivity contribution in [2.75, 3.05) is 24.5 Å². The van der Waals surface area contributed by atoms with Crippen LogP contribution in [0.25, 0.3) is 10.2 Å². The van der Waals surface area contributed by atoms with Gasteiger partial charge in [-0.15, -0.1) is 11.3 Å². The molecule has 1 aromatic carbocycles. The summed E-state index contributed by atoms with van der Waals surface area (Å²) >= 11 is 2.53. The number of rotatable bonds is 5. The van der Waals surface area contributed by atoms with E-state index in [-0.39, 0.29) is 16.1 Å². The van der Waals surface area contributed by atoms with Crippen molar-refractivity contribution in [3.8, 4) is 0 Å². The lowest BCUT2D eigenvalue weighted by Gasteiger charge is -2.38. The maximum atomic E-state index is 13.4. The molecule has 2 aromatic heterocycles. The van der Waals surface area contributed by atoms with E-state index in [0.29, 0.717) is 32.5 Å². The van der Waals surface area contributed by atoms with E-state index in [0.717, 1.165) is 26.7 Å².